The number of nitrogens with zero attached hydrogens (tertiary/aromatic N) is 1. The number of hydrogen-bond acceptors (Lipinski definition) is 4. The Morgan fingerprint density at radius 2 is 1.95 bits per heavy atom. The molecule has 0 spiro atoms. The predicted octanol–water partition coefficient (Wildman–Crippen LogP) is -0.927. The topological polar surface area (TPSA) is 48.7 Å². The van der Waals surface area contributed by atoms with Crippen LogP contribution in [0.3, 0.4) is 0 Å². The molecule has 0 amide bonds. The van der Waals surface area contributed by atoms with Crippen LogP contribution in [0.5, 0.6) is 0 Å². The number of hydrogen-bond donors (Lipinski definition) is 0. The Hall–Kier alpha value is -0.600. The van der Waals surface area contributed by atoms with Crippen molar-refractivity contribution in [1.82, 2.24) is 0 Å². The fourth-order valence-electron chi connectivity index (χ4n) is 1.37. The summed E-state index contributed by atoms with van der Waals surface area (Å²) in [5.41, 5.74) is 0. The highest BCUT2D eigenvalue weighted by atomic mass is 127. The van der Waals surface area contributed by atoms with Gasteiger partial charge in [-0.3, -0.25) is 0 Å². The molecule has 0 N–H and O–H groups in total. The van der Waals surface area contributed by atoms with Crippen LogP contribution in [0.1, 0.15) is 29.7 Å². The van der Waals surface area contributed by atoms with Gasteiger partial charge < -0.3 is 42.4 Å². The first-order valence-corrected chi connectivity index (χ1v) is 6.56. The normalized spacial score (nSPS) is 11.0. The molecule has 0 bridgehead atoms. The van der Waals surface area contributed by atoms with Crippen LogP contribution in [0, 0.1) is 0 Å². The fraction of sp³-hybridized carbons (Fsp3) is 0.643. The van der Waals surface area contributed by atoms with Gasteiger partial charge >= 0.3 is 5.97 Å². The van der Waals surface area contributed by atoms with Crippen LogP contribution in [-0.4, -0.2) is 51.4 Å². The van der Waals surface area contributed by atoms with Gasteiger partial charge in [0.25, 0.3) is 0 Å². The number of carbonyl (C=O) groups is 1. The first-order chi connectivity index (χ1) is 8.92. The zero-order valence-corrected chi connectivity index (χ0v) is 14.8. The van der Waals surface area contributed by atoms with Gasteiger partial charge in [-0.1, -0.05) is 6.92 Å². The van der Waals surface area contributed by atoms with E-state index >= 15 is 0 Å². The molecule has 0 radical (unpaired) electrons. The van der Waals surface area contributed by atoms with Gasteiger partial charge in [0.2, 0.25) is 5.76 Å². The molecule has 0 aromatic carbocycles. The van der Waals surface area contributed by atoms with E-state index in [1.165, 1.54) is 0 Å². The van der Waals surface area contributed by atoms with Gasteiger partial charge in [-0.2, -0.15) is 0 Å². The molecule has 0 aliphatic rings. The van der Waals surface area contributed by atoms with Crippen LogP contribution >= 0.6 is 0 Å². The summed E-state index contributed by atoms with van der Waals surface area (Å²) >= 11 is 0. The van der Waals surface area contributed by atoms with E-state index in [0.717, 1.165) is 17.4 Å². The summed E-state index contributed by atoms with van der Waals surface area (Å²) in [7, 11) is 6.14. The lowest BCUT2D eigenvalue weighted by molar-refractivity contribution is -0.870. The number of halogens is 1. The summed E-state index contributed by atoms with van der Waals surface area (Å²) in [4.78, 5) is 11.7. The maximum Gasteiger partial charge on any atom is 0.374 e. The molecular formula is C14H24INO4. The van der Waals surface area contributed by atoms with Gasteiger partial charge in [0.05, 0.1) is 21.1 Å². The van der Waals surface area contributed by atoms with Gasteiger partial charge in [0.15, 0.2) is 0 Å². The summed E-state index contributed by atoms with van der Waals surface area (Å²) in [5.74, 6) is 0.457. The van der Waals surface area contributed by atoms with Gasteiger partial charge in [0, 0.05) is 6.61 Å². The summed E-state index contributed by atoms with van der Waals surface area (Å²) in [6.07, 6.45) is 0.959. The van der Waals surface area contributed by atoms with E-state index in [2.05, 4.69) is 0 Å². The molecule has 0 saturated heterocycles. The number of carbonyl (C=O) groups excluding carboxylic acids is 1. The molecule has 6 heteroatoms. The first kappa shape index (κ1) is 19.4. The van der Waals surface area contributed by atoms with Gasteiger partial charge in [-0.15, -0.1) is 0 Å². The Morgan fingerprint density at radius 3 is 2.55 bits per heavy atom. The van der Waals surface area contributed by atoms with Crippen LogP contribution in [0.25, 0.3) is 0 Å². The maximum absolute atomic E-state index is 11.7. The lowest BCUT2D eigenvalue weighted by Crippen LogP contribution is -3.00. The van der Waals surface area contributed by atoms with Gasteiger partial charge in [-0.25, -0.2) is 4.79 Å². The van der Waals surface area contributed by atoms with E-state index in [4.69, 9.17) is 13.9 Å². The van der Waals surface area contributed by atoms with Crippen molar-refractivity contribution in [3.05, 3.63) is 23.7 Å². The third-order valence-corrected chi connectivity index (χ3v) is 2.45. The summed E-state index contributed by atoms with van der Waals surface area (Å²) < 4.78 is 16.6. The molecule has 1 aromatic rings. The summed E-state index contributed by atoms with van der Waals surface area (Å²) in [6.45, 7) is 4.26. The Kier molecular flexibility index (Phi) is 9.08. The lowest BCUT2D eigenvalue weighted by Gasteiger charge is -2.23. The SMILES string of the molecule is CCCOCc1ccc(C(=O)OCC[N+](C)(C)C)o1.[I-]. The quantitative estimate of drug-likeness (QED) is 0.246. The van der Waals surface area contributed by atoms with E-state index in [1.807, 2.05) is 28.1 Å². The Morgan fingerprint density at radius 1 is 1.25 bits per heavy atom. The molecular weight excluding hydrogens is 373 g/mol. The predicted molar refractivity (Wildman–Crippen MR) is 71.8 cm³/mol. The Labute approximate surface area is 137 Å². The number of quaternary nitrogens is 1. The fourth-order valence-corrected chi connectivity index (χ4v) is 1.37. The van der Waals surface area contributed by atoms with E-state index < -0.39 is 5.97 Å². The second kappa shape index (κ2) is 9.36. The van der Waals surface area contributed by atoms with Crippen LogP contribution in [0.4, 0.5) is 0 Å². The van der Waals surface area contributed by atoms with Gasteiger partial charge in [0.1, 0.15) is 25.5 Å². The molecule has 1 rings (SSSR count). The van der Waals surface area contributed by atoms with Crippen molar-refractivity contribution in [3.63, 3.8) is 0 Å². The monoisotopic (exact) mass is 397 g/mol. The van der Waals surface area contributed by atoms with E-state index in [0.29, 0.717) is 25.6 Å². The minimum atomic E-state index is -0.421. The molecule has 0 aliphatic carbocycles. The standard InChI is InChI=1S/C14H24NO4.HI/c1-5-9-17-11-12-6-7-13(19-12)14(16)18-10-8-15(2,3)4;/h6-7H,5,8-11H2,1-4H3;1H/q+1;/p-1. The van der Waals surface area contributed by atoms with Gasteiger partial charge in [-0.05, 0) is 18.6 Å². The van der Waals surface area contributed by atoms with Crippen molar-refractivity contribution in [1.29, 1.82) is 0 Å². The second-order valence-electron chi connectivity index (χ2n) is 5.47. The molecule has 0 atom stereocenters. The van der Waals surface area contributed by atoms with E-state index in [1.54, 1.807) is 12.1 Å². The molecule has 0 aliphatic heterocycles. The second-order valence-corrected chi connectivity index (χ2v) is 5.47. The summed E-state index contributed by atoms with van der Waals surface area (Å²) in [6, 6.07) is 3.37. The number of rotatable bonds is 8. The van der Waals surface area contributed by atoms with Crippen LogP contribution < -0.4 is 24.0 Å². The molecule has 1 heterocycles. The smallest absolute Gasteiger partial charge is 0.374 e. The molecule has 0 saturated carbocycles. The van der Waals surface area contributed by atoms with Crippen molar-refractivity contribution in [2.75, 3.05) is 40.9 Å². The average Bonchev–Trinajstić information content (AvgIpc) is 2.76. The lowest BCUT2D eigenvalue weighted by atomic mass is 10.4. The molecule has 0 fully saturated rings. The zero-order valence-electron chi connectivity index (χ0n) is 12.6. The number of furan rings is 1. The van der Waals surface area contributed by atoms with Crippen molar-refractivity contribution < 1.29 is 47.1 Å². The van der Waals surface area contributed by atoms with Crippen molar-refractivity contribution in [2.24, 2.45) is 0 Å². The number of ether oxygens (including phenoxy) is 2. The molecule has 116 valence electrons. The molecule has 20 heavy (non-hydrogen) atoms. The minimum Gasteiger partial charge on any atom is -1.00 e. The highest BCUT2D eigenvalue weighted by Gasteiger charge is 2.14. The molecule has 0 unspecified atom stereocenters. The van der Waals surface area contributed by atoms with Crippen LogP contribution in [-0.2, 0) is 16.1 Å². The highest BCUT2D eigenvalue weighted by molar-refractivity contribution is 5.86. The third kappa shape index (κ3) is 7.86. The van der Waals surface area contributed by atoms with Crippen molar-refractivity contribution in [3.8, 4) is 0 Å². The van der Waals surface area contributed by atoms with Crippen LogP contribution in [0.15, 0.2) is 16.5 Å². The van der Waals surface area contributed by atoms with E-state index in [9.17, 15) is 4.79 Å². The largest absolute Gasteiger partial charge is 1.00 e. The van der Waals surface area contributed by atoms with Crippen LogP contribution in [0.2, 0.25) is 0 Å². The average molecular weight is 397 g/mol. The van der Waals surface area contributed by atoms with Crippen molar-refractivity contribution >= 4 is 5.97 Å². The Bertz CT molecular complexity index is 398. The number of likely N-dealkylation sites (N-methyl/N-ethyl adjacent to an activating group) is 1. The highest BCUT2D eigenvalue weighted by Crippen LogP contribution is 2.10. The number of esters is 1. The maximum atomic E-state index is 11.7. The molecule has 5 nitrogen and oxygen atoms in total. The first-order valence-electron chi connectivity index (χ1n) is 6.56. The third-order valence-electron chi connectivity index (χ3n) is 2.45. The van der Waals surface area contributed by atoms with Crippen molar-refractivity contribution in [2.45, 2.75) is 20.0 Å². The van der Waals surface area contributed by atoms with E-state index in [-0.39, 0.29) is 29.7 Å². The Balaban J connectivity index is 0.00000361. The zero-order chi connectivity index (χ0) is 14.3. The molecule has 1 aromatic heterocycles. The minimum absolute atomic E-state index is 0. The summed E-state index contributed by atoms with van der Waals surface area (Å²) in [5, 5.41) is 0.